The van der Waals surface area contributed by atoms with E-state index in [2.05, 4.69) is 15.5 Å². The first-order chi connectivity index (χ1) is 20.5. The summed E-state index contributed by atoms with van der Waals surface area (Å²) < 4.78 is 52.9. The molecule has 0 bridgehead atoms. The molecule has 9 nitrogen and oxygen atoms in total. The van der Waals surface area contributed by atoms with E-state index in [-0.39, 0.29) is 37.7 Å². The molecular weight excluding hydrogens is 605 g/mol. The zero-order valence-corrected chi connectivity index (χ0v) is 25.0. The lowest BCUT2D eigenvalue weighted by Crippen LogP contribution is -2.48. The fraction of sp³-hybridized carbons (Fsp3) is 0.448. The number of carbonyl (C=O) groups excluding carboxylic acids is 2. The van der Waals surface area contributed by atoms with Crippen LogP contribution in [0.4, 0.5) is 18.9 Å². The van der Waals surface area contributed by atoms with Crippen LogP contribution < -0.4 is 5.32 Å². The Morgan fingerprint density at radius 1 is 1.14 bits per heavy atom. The molecule has 2 fully saturated rings. The van der Waals surface area contributed by atoms with Gasteiger partial charge in [-0.05, 0) is 43.0 Å². The minimum Gasteiger partial charge on any atom is -0.392 e. The summed E-state index contributed by atoms with van der Waals surface area (Å²) in [6, 6.07) is 13.1. The van der Waals surface area contributed by atoms with Gasteiger partial charge >= 0.3 is 12.1 Å². The van der Waals surface area contributed by atoms with Gasteiger partial charge in [0.05, 0.1) is 18.8 Å². The van der Waals surface area contributed by atoms with Gasteiger partial charge in [0.1, 0.15) is 11.0 Å². The van der Waals surface area contributed by atoms with E-state index in [4.69, 9.17) is 9.47 Å². The Kier molecular flexibility index (Phi) is 9.71. The van der Waals surface area contributed by atoms with E-state index in [9.17, 15) is 27.9 Å². The molecule has 0 radical (unpaired) electrons. The number of likely N-dealkylation sites (tertiary alicyclic amines) is 1. The van der Waals surface area contributed by atoms with E-state index < -0.39 is 30.3 Å². The summed E-state index contributed by atoms with van der Waals surface area (Å²) in [5.74, 6) is -2.17. The van der Waals surface area contributed by atoms with Crippen molar-refractivity contribution in [1.29, 1.82) is 0 Å². The molecule has 0 spiro atoms. The van der Waals surface area contributed by atoms with Crippen LogP contribution in [0.1, 0.15) is 53.9 Å². The Balaban J connectivity index is 1.35. The maximum absolute atomic E-state index is 13.1. The highest BCUT2D eigenvalue weighted by molar-refractivity contribution is 8.01. The molecule has 14 heteroatoms. The van der Waals surface area contributed by atoms with Crippen molar-refractivity contribution in [2.24, 2.45) is 5.92 Å². The van der Waals surface area contributed by atoms with E-state index in [1.54, 1.807) is 36.0 Å². The molecule has 2 N–H and O–H groups in total. The second-order valence-corrected chi connectivity index (χ2v) is 12.9. The summed E-state index contributed by atoms with van der Waals surface area (Å²) in [6.07, 6.45) is -6.02. The molecule has 43 heavy (non-hydrogen) atoms. The normalized spacial score (nSPS) is 24.2. The molecular formula is C29H31F3N4O5S2. The van der Waals surface area contributed by atoms with Crippen LogP contribution in [-0.2, 0) is 25.7 Å². The molecule has 0 unspecified atom stereocenters. The van der Waals surface area contributed by atoms with Crippen LogP contribution in [0.15, 0.2) is 52.9 Å². The number of nitrogens with zero attached hydrogens (tertiary/aromatic N) is 3. The number of amides is 2. The minimum atomic E-state index is -5.05. The zero-order valence-electron chi connectivity index (χ0n) is 23.4. The maximum atomic E-state index is 13.1. The Hall–Kier alpha value is -3.04. The summed E-state index contributed by atoms with van der Waals surface area (Å²) in [7, 11) is 0. The summed E-state index contributed by atoms with van der Waals surface area (Å²) in [4.78, 5) is 25.4. The van der Waals surface area contributed by atoms with Gasteiger partial charge in [0.25, 0.3) is 0 Å². The third kappa shape index (κ3) is 7.37. The van der Waals surface area contributed by atoms with Gasteiger partial charge < -0.3 is 24.8 Å². The van der Waals surface area contributed by atoms with Crippen molar-refractivity contribution < 1.29 is 37.3 Å². The number of rotatable bonds is 8. The van der Waals surface area contributed by atoms with E-state index in [1.165, 1.54) is 11.3 Å². The summed E-state index contributed by atoms with van der Waals surface area (Å²) in [5, 5.41) is 21.3. The number of carbonyl (C=O) groups is 2. The molecule has 0 aliphatic carbocycles. The molecule has 2 saturated heterocycles. The number of benzene rings is 2. The molecule has 2 aliphatic rings. The van der Waals surface area contributed by atoms with Crippen LogP contribution in [0, 0.1) is 12.8 Å². The zero-order chi connectivity index (χ0) is 30.7. The summed E-state index contributed by atoms with van der Waals surface area (Å²) >= 11 is 3.04. The van der Waals surface area contributed by atoms with Crippen LogP contribution in [0.25, 0.3) is 0 Å². The number of nitrogens with one attached hydrogen (secondary N) is 1. The van der Waals surface area contributed by atoms with Gasteiger partial charge in [-0.25, -0.2) is 0 Å². The van der Waals surface area contributed by atoms with E-state index >= 15 is 0 Å². The molecule has 230 valence electrons. The van der Waals surface area contributed by atoms with E-state index in [1.807, 2.05) is 38.1 Å². The van der Waals surface area contributed by atoms with E-state index in [0.717, 1.165) is 20.5 Å². The number of aryl methyl sites for hydroxylation is 1. The molecule has 2 amide bonds. The van der Waals surface area contributed by atoms with Gasteiger partial charge in [0.15, 0.2) is 10.6 Å². The van der Waals surface area contributed by atoms with Crippen molar-refractivity contribution >= 4 is 40.6 Å². The van der Waals surface area contributed by atoms with E-state index in [0.29, 0.717) is 28.3 Å². The highest BCUT2D eigenvalue weighted by Crippen LogP contribution is 2.43. The number of anilines is 1. The lowest BCUT2D eigenvalue weighted by molar-refractivity contribution is -0.268. The Labute approximate surface area is 254 Å². The van der Waals surface area contributed by atoms with Crippen molar-refractivity contribution in [2.75, 3.05) is 17.6 Å². The first-order valence-corrected chi connectivity index (χ1v) is 15.6. The fourth-order valence-corrected chi connectivity index (χ4v) is 7.24. The number of thioether (sulfide) groups is 1. The molecule has 1 aromatic heterocycles. The topological polar surface area (TPSA) is 114 Å². The lowest BCUT2D eigenvalue weighted by atomic mass is 9.91. The fourth-order valence-electron chi connectivity index (χ4n) is 5.23. The third-order valence-electron chi connectivity index (χ3n) is 7.49. The van der Waals surface area contributed by atoms with Gasteiger partial charge in [-0.2, -0.15) is 13.2 Å². The average Bonchev–Trinajstić information content (AvgIpc) is 3.65. The molecule has 2 aliphatic heterocycles. The molecule has 2 aromatic carbocycles. The Morgan fingerprint density at radius 2 is 1.91 bits per heavy atom. The summed E-state index contributed by atoms with van der Waals surface area (Å²) in [5.41, 5.74) is 2.65. The van der Waals surface area contributed by atoms with Crippen molar-refractivity contribution in [1.82, 2.24) is 15.1 Å². The van der Waals surface area contributed by atoms with Gasteiger partial charge in [-0.15, -0.1) is 10.2 Å². The largest absolute Gasteiger partial charge is 0.471 e. The van der Waals surface area contributed by atoms with Gasteiger partial charge in [-0.1, -0.05) is 66.4 Å². The number of aliphatic hydroxyl groups is 1. The first kappa shape index (κ1) is 31.4. The number of aliphatic hydroxyl groups excluding tert-OH is 1. The van der Waals surface area contributed by atoms with Crippen LogP contribution in [0.2, 0.25) is 0 Å². The van der Waals surface area contributed by atoms with Gasteiger partial charge in [0, 0.05) is 29.5 Å². The van der Waals surface area contributed by atoms with Crippen molar-refractivity contribution in [3.05, 3.63) is 70.2 Å². The first-order valence-electron chi connectivity index (χ1n) is 13.8. The summed E-state index contributed by atoms with van der Waals surface area (Å²) in [6.45, 7) is 3.73. The molecule has 5 atom stereocenters. The highest BCUT2D eigenvalue weighted by atomic mass is 32.2. The lowest BCUT2D eigenvalue weighted by Gasteiger charge is -2.41. The number of halogens is 3. The van der Waals surface area contributed by atoms with Gasteiger partial charge in [0.2, 0.25) is 5.91 Å². The number of hydrogen-bond acceptors (Lipinski definition) is 9. The predicted molar refractivity (Wildman–Crippen MR) is 154 cm³/mol. The van der Waals surface area contributed by atoms with Crippen molar-refractivity contribution in [3.63, 3.8) is 0 Å². The van der Waals surface area contributed by atoms with Crippen LogP contribution >= 0.6 is 23.1 Å². The monoisotopic (exact) mass is 636 g/mol. The number of alkyl halides is 3. The molecule has 3 heterocycles. The van der Waals surface area contributed by atoms with Crippen LogP contribution in [0.3, 0.4) is 0 Å². The standard InChI is InChI=1S/C29H31F3N4O5S2/c1-16-23(15-42-28-35-34-17(2)43-28)40-26(41-24(16)19-10-8-18(14-37)9-11-19)20-5-3-6-21(13-20)33-25(38)22-7-4-12-36(22)27(39)29(30,31)32/h3,5-6,8-11,13,16,22-24,26,37H,4,7,12,14-15H2,1-2H3,(H,33,38)/t16-,22+,23+,24+,26+/m1/s1. The minimum absolute atomic E-state index is 0.0554. The van der Waals surface area contributed by atoms with Gasteiger partial charge in [-0.3, -0.25) is 9.59 Å². The number of hydrogen-bond donors (Lipinski definition) is 2. The average molecular weight is 637 g/mol. The van der Waals surface area contributed by atoms with Crippen molar-refractivity contribution in [3.8, 4) is 0 Å². The van der Waals surface area contributed by atoms with Crippen LogP contribution in [-0.4, -0.2) is 62.6 Å². The van der Waals surface area contributed by atoms with Crippen LogP contribution in [0.5, 0.6) is 0 Å². The highest BCUT2D eigenvalue weighted by Gasteiger charge is 2.47. The molecule has 3 aromatic rings. The smallest absolute Gasteiger partial charge is 0.392 e. The Bertz CT molecular complexity index is 1440. The quantitative estimate of drug-likeness (QED) is 0.316. The maximum Gasteiger partial charge on any atom is 0.471 e. The Morgan fingerprint density at radius 3 is 2.58 bits per heavy atom. The molecule has 5 rings (SSSR count). The second-order valence-electron chi connectivity index (χ2n) is 10.5. The second kappa shape index (κ2) is 13.3. The molecule has 0 saturated carbocycles. The number of aromatic nitrogens is 2. The predicted octanol–water partition coefficient (Wildman–Crippen LogP) is 5.41. The third-order valence-corrected chi connectivity index (χ3v) is 9.55. The SMILES string of the molecule is Cc1nnc(SC[C@@H]2O[C@H](c3cccc(NC(=O)[C@@H]4CCCN4C(=O)C(F)(F)F)c3)O[C@H](c3ccc(CO)cc3)[C@@H]2C)s1. The number of ether oxygens (including phenoxy) is 2. The van der Waals surface area contributed by atoms with Crippen molar-refractivity contribution in [2.45, 2.75) is 68.4 Å².